The molecule has 6 heteroatoms. The monoisotopic (exact) mass is 291 g/mol. The lowest BCUT2D eigenvalue weighted by molar-refractivity contribution is 0.0601. The van der Waals surface area contributed by atoms with Crippen LogP contribution in [0.25, 0.3) is 0 Å². The van der Waals surface area contributed by atoms with E-state index < -0.39 is 11.8 Å². The second-order valence-electron chi connectivity index (χ2n) is 4.32. The Kier molecular flexibility index (Phi) is 4.27. The summed E-state index contributed by atoms with van der Waals surface area (Å²) in [5.74, 6) is -1.70. The summed E-state index contributed by atoms with van der Waals surface area (Å²) in [6.45, 7) is 0.149. The zero-order valence-corrected chi connectivity index (χ0v) is 11.3. The quantitative estimate of drug-likeness (QED) is 0.596. The lowest BCUT2D eigenvalue weighted by atomic mass is 10.1. The minimum absolute atomic E-state index is 0.0529. The van der Waals surface area contributed by atoms with Gasteiger partial charge in [0.2, 0.25) is 0 Å². The Balaban J connectivity index is 2.24. The first-order valence-electron chi connectivity index (χ1n) is 6.14. The van der Waals surface area contributed by atoms with Crippen molar-refractivity contribution in [1.82, 2.24) is 0 Å². The number of carbonyl (C=O) groups is 1. The summed E-state index contributed by atoms with van der Waals surface area (Å²) in [7, 11) is 1.21. The third-order valence-corrected chi connectivity index (χ3v) is 2.95. The average Bonchev–Trinajstić information content (AvgIpc) is 2.49. The number of phenols is 2. The topological polar surface area (TPSA) is 78.8 Å². The van der Waals surface area contributed by atoms with Gasteiger partial charge in [-0.05, 0) is 24.3 Å². The summed E-state index contributed by atoms with van der Waals surface area (Å²) in [5.41, 5.74) is 0.860. The van der Waals surface area contributed by atoms with Crippen molar-refractivity contribution in [3.8, 4) is 11.5 Å². The molecule has 0 saturated carbocycles. The molecule has 0 atom stereocenters. The first-order valence-corrected chi connectivity index (χ1v) is 6.14. The molecule has 110 valence electrons. The molecule has 0 amide bonds. The number of phenolic OH excluding ortho intramolecular Hbond substituents is 2. The van der Waals surface area contributed by atoms with Crippen molar-refractivity contribution >= 4 is 11.7 Å². The lowest BCUT2D eigenvalue weighted by Gasteiger charge is -2.12. The van der Waals surface area contributed by atoms with Crippen molar-refractivity contribution in [2.24, 2.45) is 0 Å². The molecule has 0 radical (unpaired) electrons. The van der Waals surface area contributed by atoms with E-state index in [4.69, 9.17) is 0 Å². The summed E-state index contributed by atoms with van der Waals surface area (Å²) in [6, 6.07) is 8.23. The number of methoxy groups -OCH3 is 1. The van der Waals surface area contributed by atoms with Gasteiger partial charge >= 0.3 is 5.97 Å². The van der Waals surface area contributed by atoms with Crippen LogP contribution in [0.15, 0.2) is 36.4 Å². The molecule has 2 aromatic rings. The molecule has 0 aliphatic heterocycles. The van der Waals surface area contributed by atoms with Gasteiger partial charge in [-0.3, -0.25) is 0 Å². The molecule has 0 saturated heterocycles. The van der Waals surface area contributed by atoms with Gasteiger partial charge in [-0.25, -0.2) is 9.18 Å². The molecular formula is C15H14FNO4. The van der Waals surface area contributed by atoms with Crippen LogP contribution in [0, 0.1) is 5.82 Å². The van der Waals surface area contributed by atoms with Gasteiger partial charge in [-0.1, -0.05) is 12.1 Å². The maximum Gasteiger partial charge on any atom is 0.340 e. The smallest absolute Gasteiger partial charge is 0.340 e. The fraction of sp³-hybridized carbons (Fsp3) is 0.133. The summed E-state index contributed by atoms with van der Waals surface area (Å²) in [4.78, 5) is 11.6. The Hall–Kier alpha value is -2.76. The number of esters is 1. The number of nitrogens with one attached hydrogen (secondary N) is 1. The summed E-state index contributed by atoms with van der Waals surface area (Å²) < 4.78 is 17.8. The highest BCUT2D eigenvalue weighted by Crippen LogP contribution is 2.29. The van der Waals surface area contributed by atoms with Crippen LogP contribution in [0.1, 0.15) is 15.9 Å². The number of halogens is 1. The van der Waals surface area contributed by atoms with Gasteiger partial charge in [-0.15, -0.1) is 0 Å². The van der Waals surface area contributed by atoms with Crippen LogP contribution in [-0.4, -0.2) is 23.3 Å². The van der Waals surface area contributed by atoms with Crippen LogP contribution in [-0.2, 0) is 11.3 Å². The first-order chi connectivity index (χ1) is 10.0. The fourth-order valence-electron chi connectivity index (χ4n) is 1.86. The van der Waals surface area contributed by atoms with Crippen molar-refractivity contribution in [1.29, 1.82) is 0 Å². The van der Waals surface area contributed by atoms with E-state index in [1.165, 1.54) is 25.3 Å². The SMILES string of the molecule is COC(=O)c1cc(F)ccc1NCc1cccc(O)c1O. The minimum atomic E-state index is -0.669. The Morgan fingerprint density at radius 3 is 2.76 bits per heavy atom. The molecule has 0 unspecified atom stereocenters. The molecule has 21 heavy (non-hydrogen) atoms. The summed E-state index contributed by atoms with van der Waals surface area (Å²) in [6.07, 6.45) is 0. The molecule has 0 bridgehead atoms. The Morgan fingerprint density at radius 1 is 1.29 bits per heavy atom. The van der Waals surface area contributed by atoms with Crippen molar-refractivity contribution in [3.63, 3.8) is 0 Å². The summed E-state index contributed by atoms with van der Waals surface area (Å²) >= 11 is 0. The van der Waals surface area contributed by atoms with Gasteiger partial charge in [0.1, 0.15) is 5.82 Å². The number of anilines is 1. The standard InChI is InChI=1S/C15H14FNO4/c1-21-15(20)11-7-10(16)5-6-12(11)17-8-9-3-2-4-13(18)14(9)19/h2-7,17-19H,8H2,1H3. The van der Waals surface area contributed by atoms with E-state index in [0.29, 0.717) is 11.3 Å². The van der Waals surface area contributed by atoms with E-state index in [-0.39, 0.29) is 23.6 Å². The maximum atomic E-state index is 13.2. The fourth-order valence-corrected chi connectivity index (χ4v) is 1.86. The molecule has 0 aliphatic carbocycles. The third kappa shape index (κ3) is 3.22. The highest BCUT2D eigenvalue weighted by Gasteiger charge is 2.14. The average molecular weight is 291 g/mol. The van der Waals surface area contributed by atoms with Crippen molar-refractivity contribution in [3.05, 3.63) is 53.3 Å². The van der Waals surface area contributed by atoms with E-state index in [9.17, 15) is 19.4 Å². The zero-order valence-electron chi connectivity index (χ0n) is 11.3. The van der Waals surface area contributed by atoms with Gasteiger partial charge in [0.15, 0.2) is 11.5 Å². The molecule has 0 fully saturated rings. The maximum absolute atomic E-state index is 13.2. The normalized spacial score (nSPS) is 10.2. The molecule has 0 aromatic heterocycles. The van der Waals surface area contributed by atoms with E-state index in [0.717, 1.165) is 6.07 Å². The summed E-state index contributed by atoms with van der Waals surface area (Å²) in [5, 5.41) is 22.0. The van der Waals surface area contributed by atoms with E-state index in [2.05, 4.69) is 10.1 Å². The number of benzene rings is 2. The molecule has 3 N–H and O–H groups in total. The first kappa shape index (κ1) is 14.6. The molecular weight excluding hydrogens is 277 g/mol. The predicted molar refractivity (Wildman–Crippen MR) is 74.8 cm³/mol. The molecule has 2 rings (SSSR count). The number of ether oxygens (including phenoxy) is 1. The van der Waals surface area contributed by atoms with E-state index in [1.54, 1.807) is 12.1 Å². The second kappa shape index (κ2) is 6.13. The van der Waals surface area contributed by atoms with Crippen molar-refractivity contribution in [2.45, 2.75) is 6.54 Å². The van der Waals surface area contributed by atoms with Gasteiger partial charge in [0.05, 0.1) is 12.7 Å². The Morgan fingerprint density at radius 2 is 2.05 bits per heavy atom. The number of hydrogen-bond donors (Lipinski definition) is 3. The molecule has 2 aromatic carbocycles. The van der Waals surface area contributed by atoms with Crippen LogP contribution in [0.5, 0.6) is 11.5 Å². The number of aromatic hydroxyl groups is 2. The van der Waals surface area contributed by atoms with Crippen LogP contribution in [0.2, 0.25) is 0 Å². The van der Waals surface area contributed by atoms with E-state index in [1.807, 2.05) is 0 Å². The molecule has 0 heterocycles. The zero-order chi connectivity index (χ0) is 15.4. The Bertz CT molecular complexity index is 673. The van der Waals surface area contributed by atoms with Crippen LogP contribution in [0.4, 0.5) is 10.1 Å². The highest BCUT2D eigenvalue weighted by molar-refractivity contribution is 5.95. The van der Waals surface area contributed by atoms with Crippen molar-refractivity contribution < 1.29 is 24.1 Å². The largest absolute Gasteiger partial charge is 0.504 e. The molecule has 0 aliphatic rings. The van der Waals surface area contributed by atoms with Gasteiger partial charge in [0, 0.05) is 17.8 Å². The Labute approximate surface area is 120 Å². The molecule has 0 spiro atoms. The van der Waals surface area contributed by atoms with E-state index >= 15 is 0 Å². The lowest BCUT2D eigenvalue weighted by Crippen LogP contribution is -2.09. The van der Waals surface area contributed by atoms with Gasteiger partial charge in [0.25, 0.3) is 0 Å². The predicted octanol–water partition coefficient (Wildman–Crippen LogP) is 2.64. The van der Waals surface area contributed by atoms with Crippen LogP contribution < -0.4 is 5.32 Å². The number of rotatable bonds is 4. The minimum Gasteiger partial charge on any atom is -0.504 e. The third-order valence-electron chi connectivity index (χ3n) is 2.95. The number of carbonyl (C=O) groups excluding carboxylic acids is 1. The van der Waals surface area contributed by atoms with Gasteiger partial charge < -0.3 is 20.3 Å². The van der Waals surface area contributed by atoms with Crippen LogP contribution in [0.3, 0.4) is 0 Å². The van der Waals surface area contributed by atoms with Crippen LogP contribution >= 0.6 is 0 Å². The highest BCUT2D eigenvalue weighted by atomic mass is 19.1. The van der Waals surface area contributed by atoms with Crippen molar-refractivity contribution in [2.75, 3.05) is 12.4 Å². The molecule has 5 nitrogen and oxygen atoms in total. The number of hydrogen-bond acceptors (Lipinski definition) is 5. The van der Waals surface area contributed by atoms with Gasteiger partial charge in [-0.2, -0.15) is 0 Å². The number of para-hydroxylation sites is 1. The second-order valence-corrected chi connectivity index (χ2v) is 4.32.